The van der Waals surface area contributed by atoms with Crippen LogP contribution < -0.4 is 9.80 Å². The van der Waals surface area contributed by atoms with E-state index in [-0.39, 0.29) is 16.2 Å². The van der Waals surface area contributed by atoms with Gasteiger partial charge in [-0.15, -0.1) is 0 Å². The van der Waals surface area contributed by atoms with Gasteiger partial charge in [-0.3, -0.25) is 0 Å². The average Bonchev–Trinajstić information content (AvgIpc) is 3.22. The Kier molecular flexibility index (Phi) is 10.2. The molecule has 0 spiro atoms. The predicted octanol–water partition coefficient (Wildman–Crippen LogP) is 18.0. The standard InChI is InChI=1S/C61H68N2/c1-36(2)48-35-55(63(52-30-38(4)20-22-40(52)6)53-33-44(60(11,12)13)24-23-41(53)7)49-34-50-56-42(27-28-61(50,14)15)31-54(47-26-25-46(48)57(49)58(47)56)62(51-29-37(3)19-21-39(51)5)45-18-16-17-43(32-45)59(8,9)10/h16-26,29-36H,27-28H2,1-15H3. The summed E-state index contributed by atoms with van der Waals surface area (Å²) in [5, 5.41) is 8.26. The van der Waals surface area contributed by atoms with Crippen molar-refractivity contribution in [1.82, 2.24) is 0 Å². The highest BCUT2D eigenvalue weighted by Gasteiger charge is 2.35. The molecule has 0 amide bonds. The Balaban J connectivity index is 1.48. The van der Waals surface area contributed by atoms with Crippen LogP contribution in [0.4, 0.5) is 34.1 Å². The molecule has 0 aromatic heterocycles. The summed E-state index contributed by atoms with van der Waals surface area (Å²) in [5.74, 6) is 0.310. The largest absolute Gasteiger partial charge is 0.310 e. The fourth-order valence-electron chi connectivity index (χ4n) is 10.5. The number of anilines is 6. The fourth-order valence-corrected chi connectivity index (χ4v) is 10.5. The molecular weight excluding hydrogens is 761 g/mol. The molecule has 1 aliphatic rings. The smallest absolute Gasteiger partial charge is 0.0543 e. The minimum atomic E-state index is -0.00466. The predicted molar refractivity (Wildman–Crippen MR) is 276 cm³/mol. The summed E-state index contributed by atoms with van der Waals surface area (Å²) < 4.78 is 0. The van der Waals surface area contributed by atoms with Gasteiger partial charge in [-0.2, -0.15) is 0 Å². The molecule has 8 aromatic carbocycles. The third-order valence-electron chi connectivity index (χ3n) is 14.4. The van der Waals surface area contributed by atoms with E-state index in [2.05, 4.69) is 223 Å². The van der Waals surface area contributed by atoms with Crippen LogP contribution in [0.5, 0.6) is 0 Å². The number of hydrogen-bond acceptors (Lipinski definition) is 2. The van der Waals surface area contributed by atoms with Crippen LogP contribution in [-0.4, -0.2) is 0 Å². The maximum absolute atomic E-state index is 2.63. The average molecular weight is 829 g/mol. The Morgan fingerprint density at radius 1 is 0.492 bits per heavy atom. The number of nitrogens with zero attached hydrogens (tertiary/aromatic N) is 2. The molecule has 0 bridgehead atoms. The van der Waals surface area contributed by atoms with Gasteiger partial charge in [0.1, 0.15) is 0 Å². The van der Waals surface area contributed by atoms with Crippen molar-refractivity contribution in [2.75, 3.05) is 9.80 Å². The summed E-state index contributed by atoms with van der Waals surface area (Å²) in [6, 6.07) is 43.1. The SMILES string of the molecule is Cc1ccc(C)c(N(c2cc(C(C)(C)C)ccc2C)c2cc(C(C)C)c3ccc4c(N(c5cccc(C(C)(C)C)c5)c5cc(C)ccc5C)cc5c6c(cc2c3c46)C(C)(C)CC5)c1. The van der Waals surface area contributed by atoms with Crippen molar-refractivity contribution in [2.45, 2.75) is 139 Å². The van der Waals surface area contributed by atoms with Gasteiger partial charge < -0.3 is 9.80 Å². The number of benzene rings is 8. The summed E-state index contributed by atoms with van der Waals surface area (Å²) in [7, 11) is 0. The van der Waals surface area contributed by atoms with E-state index >= 15 is 0 Å². The maximum atomic E-state index is 2.63. The normalized spacial score (nSPS) is 14.1. The first-order valence-corrected chi connectivity index (χ1v) is 23.4. The minimum Gasteiger partial charge on any atom is -0.310 e. The first-order valence-electron chi connectivity index (χ1n) is 23.4. The van der Waals surface area contributed by atoms with E-state index in [0.29, 0.717) is 5.92 Å². The van der Waals surface area contributed by atoms with Crippen LogP contribution in [0.15, 0.2) is 109 Å². The molecule has 0 atom stereocenters. The molecule has 0 fully saturated rings. The molecule has 0 aliphatic heterocycles. The van der Waals surface area contributed by atoms with Gasteiger partial charge in [0.2, 0.25) is 0 Å². The highest BCUT2D eigenvalue weighted by molar-refractivity contribution is 6.30. The van der Waals surface area contributed by atoms with E-state index in [9.17, 15) is 0 Å². The van der Waals surface area contributed by atoms with Crippen molar-refractivity contribution in [1.29, 1.82) is 0 Å². The quantitative estimate of drug-likeness (QED) is 0.148. The Morgan fingerprint density at radius 3 is 1.67 bits per heavy atom. The van der Waals surface area contributed by atoms with Crippen LogP contribution in [0.3, 0.4) is 0 Å². The van der Waals surface area contributed by atoms with Crippen LogP contribution in [-0.2, 0) is 22.7 Å². The van der Waals surface area contributed by atoms with Crippen LogP contribution >= 0.6 is 0 Å². The Labute approximate surface area is 378 Å². The van der Waals surface area contributed by atoms with Gasteiger partial charge in [-0.25, -0.2) is 0 Å². The molecule has 8 aromatic rings. The Morgan fingerprint density at radius 2 is 1.05 bits per heavy atom. The number of hydrogen-bond donors (Lipinski definition) is 0. The molecule has 1 aliphatic carbocycles. The van der Waals surface area contributed by atoms with Crippen LogP contribution in [0, 0.1) is 34.6 Å². The second kappa shape index (κ2) is 15.0. The molecule has 0 radical (unpaired) electrons. The second-order valence-corrected chi connectivity index (χ2v) is 22.1. The van der Waals surface area contributed by atoms with Crippen molar-refractivity contribution in [3.05, 3.63) is 165 Å². The van der Waals surface area contributed by atoms with E-state index in [1.54, 1.807) is 0 Å². The number of rotatable bonds is 7. The van der Waals surface area contributed by atoms with Gasteiger partial charge in [-0.05, 0) is 190 Å². The first-order chi connectivity index (χ1) is 29.6. The summed E-state index contributed by atoms with van der Waals surface area (Å²) in [6.07, 6.45) is 2.14. The number of aryl methyl sites for hydroxylation is 6. The minimum absolute atomic E-state index is 0.00353. The van der Waals surface area contributed by atoms with Gasteiger partial charge in [0.25, 0.3) is 0 Å². The third-order valence-corrected chi connectivity index (χ3v) is 14.4. The Bertz CT molecular complexity index is 3090. The van der Waals surface area contributed by atoms with Gasteiger partial charge >= 0.3 is 0 Å². The molecule has 322 valence electrons. The molecule has 0 unspecified atom stereocenters. The topological polar surface area (TPSA) is 6.48 Å². The van der Waals surface area contributed by atoms with E-state index in [1.165, 1.54) is 122 Å². The van der Waals surface area contributed by atoms with Crippen LogP contribution in [0.2, 0.25) is 0 Å². The maximum Gasteiger partial charge on any atom is 0.0543 e. The lowest BCUT2D eigenvalue weighted by molar-refractivity contribution is 0.475. The molecule has 63 heavy (non-hydrogen) atoms. The zero-order valence-electron chi connectivity index (χ0n) is 40.8. The lowest BCUT2D eigenvalue weighted by Crippen LogP contribution is -2.24. The molecule has 0 N–H and O–H groups in total. The summed E-state index contributed by atoms with van der Waals surface area (Å²) in [6.45, 7) is 35.0. The van der Waals surface area contributed by atoms with E-state index < -0.39 is 0 Å². The molecule has 2 nitrogen and oxygen atoms in total. The van der Waals surface area contributed by atoms with Gasteiger partial charge in [-0.1, -0.05) is 130 Å². The van der Waals surface area contributed by atoms with Gasteiger partial charge in [0, 0.05) is 38.9 Å². The third kappa shape index (κ3) is 7.19. The van der Waals surface area contributed by atoms with Gasteiger partial charge in [0.15, 0.2) is 0 Å². The molecule has 0 saturated carbocycles. The van der Waals surface area contributed by atoms with Crippen LogP contribution in [0.1, 0.15) is 137 Å². The van der Waals surface area contributed by atoms with E-state index in [4.69, 9.17) is 0 Å². The van der Waals surface area contributed by atoms with Crippen molar-refractivity contribution in [2.24, 2.45) is 0 Å². The zero-order valence-corrected chi connectivity index (χ0v) is 40.8. The van der Waals surface area contributed by atoms with Crippen molar-refractivity contribution < 1.29 is 0 Å². The summed E-state index contributed by atoms with van der Waals surface area (Å²) >= 11 is 0. The van der Waals surface area contributed by atoms with Crippen molar-refractivity contribution >= 4 is 66.4 Å². The van der Waals surface area contributed by atoms with Crippen molar-refractivity contribution in [3.8, 4) is 0 Å². The first kappa shape index (κ1) is 42.7. The lowest BCUT2D eigenvalue weighted by Gasteiger charge is -2.38. The molecular formula is C61H68N2. The molecule has 9 rings (SSSR count). The van der Waals surface area contributed by atoms with E-state index in [0.717, 1.165) is 12.8 Å². The molecule has 0 saturated heterocycles. The monoisotopic (exact) mass is 829 g/mol. The lowest BCUT2D eigenvalue weighted by atomic mass is 9.70. The zero-order chi connectivity index (χ0) is 45.1. The van der Waals surface area contributed by atoms with Crippen molar-refractivity contribution in [3.63, 3.8) is 0 Å². The summed E-state index contributed by atoms with van der Waals surface area (Å²) in [4.78, 5) is 5.23. The van der Waals surface area contributed by atoms with Crippen LogP contribution in [0.25, 0.3) is 32.3 Å². The Hall–Kier alpha value is -5.60. The highest BCUT2D eigenvalue weighted by Crippen LogP contribution is 2.55. The summed E-state index contributed by atoms with van der Waals surface area (Å²) in [5.41, 5.74) is 20.8. The molecule has 0 heterocycles. The second-order valence-electron chi connectivity index (χ2n) is 22.1. The highest BCUT2D eigenvalue weighted by atomic mass is 15.2. The fraction of sp³-hybridized carbons (Fsp3) is 0.344. The van der Waals surface area contributed by atoms with Gasteiger partial charge in [0.05, 0.1) is 11.4 Å². The molecule has 2 heteroatoms. The van der Waals surface area contributed by atoms with E-state index in [1.807, 2.05) is 0 Å².